The fourth-order valence-electron chi connectivity index (χ4n) is 2.17. The van der Waals surface area contributed by atoms with E-state index in [0.717, 1.165) is 12.8 Å². The van der Waals surface area contributed by atoms with E-state index in [0.29, 0.717) is 18.2 Å². The second-order valence-electron chi connectivity index (χ2n) is 4.53. The third kappa shape index (κ3) is 2.90. The third-order valence-corrected chi connectivity index (χ3v) is 3.17. The van der Waals surface area contributed by atoms with Gasteiger partial charge in [-0.05, 0) is 30.9 Å². The zero-order valence-electron chi connectivity index (χ0n) is 9.69. The normalized spacial score (nSPS) is 16.0. The van der Waals surface area contributed by atoms with E-state index in [4.69, 9.17) is 10.5 Å². The lowest BCUT2D eigenvalue weighted by molar-refractivity contribution is 0.0439. The number of nitrogen functional groups attached to an aromatic ring is 1. The second kappa shape index (κ2) is 5.08. The van der Waals surface area contributed by atoms with Crippen LogP contribution in [0.2, 0.25) is 0 Å². The molecule has 92 valence electrons. The molecule has 0 bridgehead atoms. The molecule has 4 heteroatoms. The number of phenolic OH excluding ortho intramolecular Hbond substituents is 1. The van der Waals surface area contributed by atoms with Crippen molar-refractivity contribution < 1.29 is 14.6 Å². The number of hydrogen-bond donors (Lipinski definition) is 2. The van der Waals surface area contributed by atoms with E-state index in [1.807, 2.05) is 0 Å². The fraction of sp³-hybridized carbons (Fsp3) is 0.462. The highest BCUT2D eigenvalue weighted by Gasteiger charge is 2.18. The van der Waals surface area contributed by atoms with Crippen LogP contribution >= 0.6 is 0 Å². The molecule has 3 N–H and O–H groups in total. The minimum atomic E-state index is -0.477. The Hall–Kier alpha value is -1.71. The van der Waals surface area contributed by atoms with Gasteiger partial charge in [0.1, 0.15) is 11.3 Å². The molecule has 1 fully saturated rings. The van der Waals surface area contributed by atoms with Crippen molar-refractivity contribution in [3.05, 3.63) is 23.8 Å². The molecule has 1 aliphatic rings. The van der Waals surface area contributed by atoms with Gasteiger partial charge in [0.2, 0.25) is 0 Å². The SMILES string of the molecule is Nc1ccc(C(=O)OCC2CCCC2)c(O)c1. The molecule has 0 atom stereocenters. The largest absolute Gasteiger partial charge is 0.507 e. The monoisotopic (exact) mass is 235 g/mol. The molecule has 0 saturated heterocycles. The van der Waals surface area contributed by atoms with Crippen LogP contribution in [-0.4, -0.2) is 17.7 Å². The van der Waals surface area contributed by atoms with Gasteiger partial charge >= 0.3 is 5.97 Å². The number of carbonyl (C=O) groups is 1. The number of phenols is 1. The number of rotatable bonds is 3. The Labute approximate surface area is 100 Å². The van der Waals surface area contributed by atoms with Gasteiger partial charge in [0, 0.05) is 11.8 Å². The molecule has 1 aromatic carbocycles. The van der Waals surface area contributed by atoms with Gasteiger partial charge in [0.15, 0.2) is 0 Å². The second-order valence-corrected chi connectivity index (χ2v) is 4.53. The van der Waals surface area contributed by atoms with E-state index in [2.05, 4.69) is 0 Å². The summed E-state index contributed by atoms with van der Waals surface area (Å²) in [6, 6.07) is 4.42. The Bertz CT molecular complexity index is 411. The van der Waals surface area contributed by atoms with E-state index in [-0.39, 0.29) is 11.3 Å². The number of carbonyl (C=O) groups excluding carboxylic acids is 1. The standard InChI is InChI=1S/C13H17NO3/c14-10-5-6-11(12(15)7-10)13(16)17-8-9-3-1-2-4-9/h5-7,9,15H,1-4,8,14H2. The van der Waals surface area contributed by atoms with Crippen molar-refractivity contribution in [2.24, 2.45) is 5.92 Å². The van der Waals surface area contributed by atoms with Crippen LogP contribution in [0, 0.1) is 5.92 Å². The van der Waals surface area contributed by atoms with Crippen molar-refractivity contribution in [1.29, 1.82) is 0 Å². The summed E-state index contributed by atoms with van der Waals surface area (Å²) in [5.41, 5.74) is 6.09. The van der Waals surface area contributed by atoms with Crippen LogP contribution in [0.1, 0.15) is 36.0 Å². The number of ether oxygens (including phenoxy) is 1. The third-order valence-electron chi connectivity index (χ3n) is 3.17. The molecule has 0 aromatic heterocycles. The average Bonchev–Trinajstić information content (AvgIpc) is 2.78. The quantitative estimate of drug-likeness (QED) is 0.623. The van der Waals surface area contributed by atoms with E-state index in [1.54, 1.807) is 6.07 Å². The number of aromatic hydroxyl groups is 1. The highest BCUT2D eigenvalue weighted by Crippen LogP contribution is 2.26. The van der Waals surface area contributed by atoms with Crippen LogP contribution in [0.25, 0.3) is 0 Å². The lowest BCUT2D eigenvalue weighted by Gasteiger charge is -2.10. The molecule has 0 radical (unpaired) electrons. The Balaban J connectivity index is 1.94. The van der Waals surface area contributed by atoms with Gasteiger partial charge in [0.25, 0.3) is 0 Å². The van der Waals surface area contributed by atoms with E-state index in [9.17, 15) is 9.90 Å². The first kappa shape index (κ1) is 11.8. The number of esters is 1. The van der Waals surface area contributed by atoms with E-state index < -0.39 is 5.97 Å². The molecule has 1 saturated carbocycles. The van der Waals surface area contributed by atoms with Crippen molar-refractivity contribution in [3.63, 3.8) is 0 Å². The molecule has 0 aliphatic heterocycles. The Kier molecular flexibility index (Phi) is 3.52. The van der Waals surface area contributed by atoms with Gasteiger partial charge < -0.3 is 15.6 Å². The summed E-state index contributed by atoms with van der Waals surface area (Å²) in [4.78, 5) is 11.7. The maximum atomic E-state index is 11.7. The van der Waals surface area contributed by atoms with Gasteiger partial charge in [-0.25, -0.2) is 4.79 Å². The van der Waals surface area contributed by atoms with Gasteiger partial charge in [-0.1, -0.05) is 12.8 Å². The Morgan fingerprint density at radius 3 is 2.76 bits per heavy atom. The van der Waals surface area contributed by atoms with Gasteiger partial charge in [0.05, 0.1) is 6.61 Å². The predicted molar refractivity (Wildman–Crippen MR) is 64.8 cm³/mol. The Morgan fingerprint density at radius 2 is 2.12 bits per heavy atom. The lowest BCUT2D eigenvalue weighted by Crippen LogP contribution is -2.12. The minimum absolute atomic E-state index is 0.124. The first-order chi connectivity index (χ1) is 8.16. The first-order valence-corrected chi connectivity index (χ1v) is 5.92. The highest BCUT2D eigenvalue weighted by atomic mass is 16.5. The van der Waals surface area contributed by atoms with Crippen LogP contribution in [0.4, 0.5) is 5.69 Å². The van der Waals surface area contributed by atoms with Crippen molar-refractivity contribution >= 4 is 11.7 Å². The zero-order chi connectivity index (χ0) is 12.3. The van der Waals surface area contributed by atoms with Crippen molar-refractivity contribution in [2.45, 2.75) is 25.7 Å². The van der Waals surface area contributed by atoms with Crippen molar-refractivity contribution in [1.82, 2.24) is 0 Å². The van der Waals surface area contributed by atoms with Crippen LogP contribution < -0.4 is 5.73 Å². The average molecular weight is 235 g/mol. The summed E-state index contributed by atoms with van der Waals surface area (Å²) in [6.07, 6.45) is 4.69. The van der Waals surface area contributed by atoms with Gasteiger partial charge in [-0.3, -0.25) is 0 Å². The molecule has 2 rings (SSSR count). The van der Waals surface area contributed by atoms with Crippen LogP contribution in [0.3, 0.4) is 0 Å². The van der Waals surface area contributed by atoms with Crippen molar-refractivity contribution in [2.75, 3.05) is 12.3 Å². The zero-order valence-corrected chi connectivity index (χ0v) is 9.69. The summed E-state index contributed by atoms with van der Waals surface area (Å²) >= 11 is 0. The van der Waals surface area contributed by atoms with Crippen molar-refractivity contribution in [3.8, 4) is 5.75 Å². The number of hydrogen-bond acceptors (Lipinski definition) is 4. The van der Waals surface area contributed by atoms with Gasteiger partial charge in [-0.2, -0.15) is 0 Å². The predicted octanol–water partition coefficient (Wildman–Crippen LogP) is 2.32. The van der Waals surface area contributed by atoms with E-state index >= 15 is 0 Å². The summed E-state index contributed by atoms with van der Waals surface area (Å²) in [6.45, 7) is 0.447. The van der Waals surface area contributed by atoms with Crippen LogP contribution in [0.5, 0.6) is 5.75 Å². The highest BCUT2D eigenvalue weighted by molar-refractivity contribution is 5.92. The fourth-order valence-corrected chi connectivity index (χ4v) is 2.17. The number of anilines is 1. The number of nitrogens with two attached hydrogens (primary N) is 1. The molecular formula is C13H17NO3. The Morgan fingerprint density at radius 1 is 1.41 bits per heavy atom. The molecular weight excluding hydrogens is 218 g/mol. The molecule has 17 heavy (non-hydrogen) atoms. The minimum Gasteiger partial charge on any atom is -0.507 e. The maximum Gasteiger partial charge on any atom is 0.341 e. The summed E-state index contributed by atoms with van der Waals surface area (Å²) in [5.74, 6) is -0.120. The number of benzene rings is 1. The lowest BCUT2D eigenvalue weighted by atomic mass is 10.1. The first-order valence-electron chi connectivity index (χ1n) is 5.92. The maximum absolute atomic E-state index is 11.7. The smallest absolute Gasteiger partial charge is 0.341 e. The molecule has 1 aliphatic carbocycles. The molecule has 0 spiro atoms. The molecule has 0 amide bonds. The molecule has 0 unspecified atom stereocenters. The molecule has 1 aromatic rings. The molecule has 4 nitrogen and oxygen atoms in total. The summed E-state index contributed by atoms with van der Waals surface area (Å²) in [5, 5.41) is 9.57. The summed E-state index contributed by atoms with van der Waals surface area (Å²) < 4.78 is 5.19. The summed E-state index contributed by atoms with van der Waals surface area (Å²) in [7, 11) is 0. The molecule has 0 heterocycles. The van der Waals surface area contributed by atoms with E-state index in [1.165, 1.54) is 25.0 Å². The van der Waals surface area contributed by atoms with Gasteiger partial charge in [-0.15, -0.1) is 0 Å². The topological polar surface area (TPSA) is 72.6 Å². The van der Waals surface area contributed by atoms with Crippen LogP contribution in [0.15, 0.2) is 18.2 Å². The van der Waals surface area contributed by atoms with Crippen LogP contribution in [-0.2, 0) is 4.74 Å².